The minimum absolute atomic E-state index is 0.460. The Morgan fingerprint density at radius 2 is 2.00 bits per heavy atom. The number of hydrogen-bond acceptors (Lipinski definition) is 5. The van der Waals surface area contributed by atoms with Gasteiger partial charge in [0, 0.05) is 6.54 Å². The quantitative estimate of drug-likeness (QED) is 0.851. The lowest BCUT2D eigenvalue weighted by Crippen LogP contribution is -2.05. The Morgan fingerprint density at radius 3 is 2.67 bits per heavy atom. The summed E-state index contributed by atoms with van der Waals surface area (Å²) in [5.41, 5.74) is 8.08. The van der Waals surface area contributed by atoms with Crippen LogP contribution < -0.4 is 15.8 Å². The number of nitrogens with one attached hydrogen (secondary N) is 1. The summed E-state index contributed by atoms with van der Waals surface area (Å²) in [6.07, 6.45) is 0.907. The molecule has 0 unspecified atom stereocenters. The van der Waals surface area contributed by atoms with Gasteiger partial charge in [0.25, 0.3) is 0 Å². The van der Waals surface area contributed by atoms with Crippen LogP contribution in [0.15, 0.2) is 36.4 Å². The zero-order chi connectivity index (χ0) is 15.1. The van der Waals surface area contributed by atoms with Gasteiger partial charge in [-0.25, -0.2) is 0 Å². The number of nitrogens with zero attached hydrogens (tertiary/aromatic N) is 2. The molecule has 0 amide bonds. The molecule has 1 aromatic heterocycles. The van der Waals surface area contributed by atoms with Crippen molar-refractivity contribution in [1.29, 1.82) is 5.26 Å². The van der Waals surface area contributed by atoms with E-state index in [9.17, 15) is 0 Å². The van der Waals surface area contributed by atoms with Crippen molar-refractivity contribution >= 4 is 11.5 Å². The van der Waals surface area contributed by atoms with Gasteiger partial charge < -0.3 is 15.8 Å². The highest BCUT2D eigenvalue weighted by molar-refractivity contribution is 5.53. The SMILES string of the molecule is CCCOc1nc(NCc2ccc(C#N)cc2)ccc1N. The molecule has 108 valence electrons. The number of aromatic nitrogens is 1. The molecule has 0 atom stereocenters. The first-order valence-electron chi connectivity index (χ1n) is 6.85. The third-order valence-corrected chi connectivity index (χ3v) is 2.89. The van der Waals surface area contributed by atoms with Gasteiger partial charge in [-0.15, -0.1) is 0 Å². The van der Waals surface area contributed by atoms with Crippen LogP contribution in [0.25, 0.3) is 0 Å². The number of nitriles is 1. The Hall–Kier alpha value is -2.74. The van der Waals surface area contributed by atoms with E-state index in [0.717, 1.165) is 12.0 Å². The Kier molecular flexibility index (Phi) is 4.99. The van der Waals surface area contributed by atoms with Crippen LogP contribution in [0.5, 0.6) is 5.88 Å². The number of nitrogen functional groups attached to an aromatic ring is 1. The third-order valence-electron chi connectivity index (χ3n) is 2.89. The van der Waals surface area contributed by atoms with Crippen molar-refractivity contribution in [3.63, 3.8) is 0 Å². The maximum Gasteiger partial charge on any atom is 0.239 e. The highest BCUT2D eigenvalue weighted by Gasteiger charge is 2.04. The molecule has 0 radical (unpaired) electrons. The van der Waals surface area contributed by atoms with Gasteiger partial charge >= 0.3 is 0 Å². The van der Waals surface area contributed by atoms with Crippen molar-refractivity contribution in [2.24, 2.45) is 0 Å². The molecule has 5 heteroatoms. The van der Waals surface area contributed by atoms with E-state index in [1.54, 1.807) is 18.2 Å². The predicted octanol–water partition coefficient (Wildman–Crippen LogP) is 2.94. The number of anilines is 2. The summed E-state index contributed by atoms with van der Waals surface area (Å²) in [6, 6.07) is 13.1. The lowest BCUT2D eigenvalue weighted by atomic mass is 10.1. The van der Waals surface area contributed by atoms with E-state index < -0.39 is 0 Å². The van der Waals surface area contributed by atoms with Crippen LogP contribution in [0.4, 0.5) is 11.5 Å². The van der Waals surface area contributed by atoms with Gasteiger partial charge in [0.05, 0.1) is 23.9 Å². The predicted molar refractivity (Wildman–Crippen MR) is 82.9 cm³/mol. The summed E-state index contributed by atoms with van der Waals surface area (Å²) >= 11 is 0. The smallest absolute Gasteiger partial charge is 0.239 e. The van der Waals surface area contributed by atoms with Crippen LogP contribution in [0.1, 0.15) is 24.5 Å². The summed E-state index contributed by atoms with van der Waals surface area (Å²) in [4.78, 5) is 4.35. The molecule has 0 fully saturated rings. The van der Waals surface area contributed by atoms with E-state index in [0.29, 0.717) is 36.1 Å². The second kappa shape index (κ2) is 7.15. The molecule has 5 nitrogen and oxygen atoms in total. The summed E-state index contributed by atoms with van der Waals surface area (Å²) in [5, 5.41) is 12.0. The lowest BCUT2D eigenvalue weighted by molar-refractivity contribution is 0.307. The largest absolute Gasteiger partial charge is 0.476 e. The van der Waals surface area contributed by atoms with Gasteiger partial charge in [-0.3, -0.25) is 0 Å². The highest BCUT2D eigenvalue weighted by atomic mass is 16.5. The summed E-state index contributed by atoms with van der Waals surface area (Å²) in [6.45, 7) is 3.25. The van der Waals surface area contributed by atoms with Crippen LogP contribution in [-0.2, 0) is 6.54 Å². The van der Waals surface area contributed by atoms with E-state index in [2.05, 4.69) is 16.4 Å². The minimum Gasteiger partial charge on any atom is -0.476 e. The normalized spacial score (nSPS) is 9.90. The molecular formula is C16H18N4O. The molecule has 3 N–H and O–H groups in total. The molecule has 21 heavy (non-hydrogen) atoms. The van der Waals surface area contributed by atoms with Gasteiger partial charge in [0.15, 0.2) is 0 Å². The minimum atomic E-state index is 0.460. The van der Waals surface area contributed by atoms with Crippen molar-refractivity contribution in [2.75, 3.05) is 17.7 Å². The maximum absolute atomic E-state index is 8.76. The maximum atomic E-state index is 8.76. The molecule has 0 saturated heterocycles. The van der Waals surface area contributed by atoms with E-state index >= 15 is 0 Å². The molecule has 0 aliphatic carbocycles. The number of benzene rings is 1. The van der Waals surface area contributed by atoms with E-state index in [1.807, 2.05) is 25.1 Å². The Labute approximate surface area is 124 Å². The topological polar surface area (TPSA) is 84.0 Å². The Balaban J connectivity index is 2.00. The van der Waals surface area contributed by atoms with Crippen LogP contribution in [0.3, 0.4) is 0 Å². The average Bonchev–Trinajstić information content (AvgIpc) is 2.53. The Morgan fingerprint density at radius 1 is 1.24 bits per heavy atom. The molecule has 2 aromatic rings. The van der Waals surface area contributed by atoms with Gasteiger partial charge in [-0.1, -0.05) is 19.1 Å². The van der Waals surface area contributed by atoms with Gasteiger partial charge in [-0.05, 0) is 36.2 Å². The molecule has 0 aliphatic heterocycles. The molecule has 0 aliphatic rings. The zero-order valence-electron chi connectivity index (χ0n) is 12.0. The number of rotatable bonds is 6. The van der Waals surface area contributed by atoms with Crippen molar-refractivity contribution in [1.82, 2.24) is 4.98 Å². The monoisotopic (exact) mass is 282 g/mol. The van der Waals surface area contributed by atoms with E-state index in [1.165, 1.54) is 0 Å². The first-order valence-corrected chi connectivity index (χ1v) is 6.85. The van der Waals surface area contributed by atoms with Gasteiger partial charge in [0.2, 0.25) is 5.88 Å². The zero-order valence-corrected chi connectivity index (χ0v) is 12.0. The number of ether oxygens (including phenoxy) is 1. The van der Waals surface area contributed by atoms with Crippen LogP contribution in [0, 0.1) is 11.3 Å². The third kappa shape index (κ3) is 4.11. The first kappa shape index (κ1) is 14.7. The Bertz CT molecular complexity index is 632. The van der Waals surface area contributed by atoms with Gasteiger partial charge in [-0.2, -0.15) is 10.2 Å². The first-order chi connectivity index (χ1) is 10.2. The fourth-order valence-corrected chi connectivity index (χ4v) is 1.75. The van der Waals surface area contributed by atoms with Crippen molar-refractivity contribution in [2.45, 2.75) is 19.9 Å². The summed E-state index contributed by atoms with van der Waals surface area (Å²) in [7, 11) is 0. The van der Waals surface area contributed by atoms with E-state index in [4.69, 9.17) is 15.7 Å². The van der Waals surface area contributed by atoms with Crippen molar-refractivity contribution in [3.8, 4) is 11.9 Å². The molecule has 0 spiro atoms. The molecule has 1 heterocycles. The van der Waals surface area contributed by atoms with Crippen LogP contribution >= 0.6 is 0 Å². The fraction of sp³-hybridized carbons (Fsp3) is 0.250. The highest BCUT2D eigenvalue weighted by Crippen LogP contribution is 2.21. The number of pyridine rings is 1. The van der Waals surface area contributed by atoms with Crippen LogP contribution in [0.2, 0.25) is 0 Å². The average molecular weight is 282 g/mol. The lowest BCUT2D eigenvalue weighted by Gasteiger charge is -2.10. The second-order valence-electron chi connectivity index (χ2n) is 4.60. The molecule has 2 rings (SSSR count). The van der Waals surface area contributed by atoms with E-state index in [-0.39, 0.29) is 0 Å². The summed E-state index contributed by atoms with van der Waals surface area (Å²) in [5.74, 6) is 1.17. The van der Waals surface area contributed by atoms with Gasteiger partial charge in [0.1, 0.15) is 5.82 Å². The molecule has 0 saturated carbocycles. The number of nitrogens with two attached hydrogens (primary N) is 1. The second-order valence-corrected chi connectivity index (χ2v) is 4.60. The molecule has 1 aromatic carbocycles. The standard InChI is InChI=1S/C16H18N4O/c1-2-9-21-16-14(18)7-8-15(20-16)19-11-13-5-3-12(10-17)4-6-13/h3-8H,2,9,11,18H2,1H3,(H,19,20). The molecular weight excluding hydrogens is 264 g/mol. The summed E-state index contributed by atoms with van der Waals surface area (Å²) < 4.78 is 5.50. The fourth-order valence-electron chi connectivity index (χ4n) is 1.75. The van der Waals surface area contributed by atoms with Crippen LogP contribution in [-0.4, -0.2) is 11.6 Å². The molecule has 0 bridgehead atoms. The number of hydrogen-bond donors (Lipinski definition) is 2. The van der Waals surface area contributed by atoms with Crippen molar-refractivity contribution < 1.29 is 4.74 Å². The van der Waals surface area contributed by atoms with Crippen molar-refractivity contribution in [3.05, 3.63) is 47.5 Å².